The minimum Gasteiger partial charge on any atom is -0.465 e. The predicted molar refractivity (Wildman–Crippen MR) is 79.6 cm³/mol. The van der Waals surface area contributed by atoms with E-state index in [1.807, 2.05) is 32.7 Å². The van der Waals surface area contributed by atoms with Crippen LogP contribution in [0.3, 0.4) is 0 Å². The van der Waals surface area contributed by atoms with Crippen LogP contribution in [0.15, 0.2) is 0 Å². The van der Waals surface area contributed by atoms with E-state index in [1.54, 1.807) is 0 Å². The molecule has 1 fully saturated rings. The molecule has 1 aliphatic heterocycles. The van der Waals surface area contributed by atoms with Crippen LogP contribution >= 0.6 is 11.8 Å². The minimum atomic E-state index is -0.555. The normalized spacial score (nSPS) is 22.2. The third-order valence-electron chi connectivity index (χ3n) is 3.57. The number of esters is 1. The fourth-order valence-corrected chi connectivity index (χ4v) is 3.18. The summed E-state index contributed by atoms with van der Waals surface area (Å²) in [5.74, 6) is 1.99. The standard InChI is InChI=1S/C14H27NO3S/c1-4-17-13(16)14(2,15-3)8-6-10-19-11-12-7-5-9-18-12/h12,15H,4-11H2,1-3H3. The molecule has 4 nitrogen and oxygen atoms in total. The topological polar surface area (TPSA) is 47.6 Å². The van der Waals surface area contributed by atoms with E-state index in [0.29, 0.717) is 12.7 Å². The Morgan fingerprint density at radius 3 is 2.95 bits per heavy atom. The molecule has 1 rings (SSSR count). The van der Waals surface area contributed by atoms with Gasteiger partial charge in [-0.05, 0) is 52.3 Å². The number of carbonyl (C=O) groups excluding carboxylic acids is 1. The van der Waals surface area contributed by atoms with Crippen molar-refractivity contribution >= 4 is 17.7 Å². The lowest BCUT2D eigenvalue weighted by Crippen LogP contribution is -2.48. The number of hydrogen-bond donors (Lipinski definition) is 1. The van der Waals surface area contributed by atoms with Crippen LogP contribution < -0.4 is 5.32 Å². The first-order valence-corrected chi connectivity index (χ1v) is 8.33. The zero-order valence-corrected chi connectivity index (χ0v) is 13.2. The van der Waals surface area contributed by atoms with E-state index in [-0.39, 0.29) is 5.97 Å². The molecule has 0 aromatic rings. The van der Waals surface area contributed by atoms with Crippen molar-refractivity contribution in [2.24, 2.45) is 0 Å². The SMILES string of the molecule is CCOC(=O)C(C)(CCCSCC1CCCO1)NC. The van der Waals surface area contributed by atoms with Gasteiger partial charge in [0, 0.05) is 12.4 Å². The highest BCUT2D eigenvalue weighted by atomic mass is 32.2. The maximum atomic E-state index is 11.9. The van der Waals surface area contributed by atoms with Gasteiger partial charge >= 0.3 is 5.97 Å². The second-order valence-corrected chi connectivity index (χ2v) is 6.27. The third kappa shape index (κ3) is 5.71. The van der Waals surface area contributed by atoms with E-state index in [2.05, 4.69) is 5.32 Å². The summed E-state index contributed by atoms with van der Waals surface area (Å²) in [5, 5.41) is 3.09. The molecule has 1 N–H and O–H groups in total. The summed E-state index contributed by atoms with van der Waals surface area (Å²) >= 11 is 1.92. The van der Waals surface area contributed by atoms with Crippen molar-refractivity contribution in [2.75, 3.05) is 31.8 Å². The lowest BCUT2D eigenvalue weighted by Gasteiger charge is -2.26. The van der Waals surface area contributed by atoms with Crippen LogP contribution in [0, 0.1) is 0 Å². The Labute approximate surface area is 121 Å². The molecule has 0 amide bonds. The van der Waals surface area contributed by atoms with Crippen molar-refractivity contribution < 1.29 is 14.3 Å². The maximum absolute atomic E-state index is 11.9. The van der Waals surface area contributed by atoms with Gasteiger partial charge in [0.1, 0.15) is 5.54 Å². The van der Waals surface area contributed by atoms with Crippen LogP contribution in [-0.4, -0.2) is 49.4 Å². The van der Waals surface area contributed by atoms with Gasteiger partial charge in [-0.15, -0.1) is 0 Å². The van der Waals surface area contributed by atoms with E-state index >= 15 is 0 Å². The maximum Gasteiger partial charge on any atom is 0.326 e. The Bertz CT molecular complexity index is 269. The molecule has 1 saturated heterocycles. The molecule has 0 bridgehead atoms. The average molecular weight is 289 g/mol. The Morgan fingerprint density at radius 2 is 2.37 bits per heavy atom. The van der Waals surface area contributed by atoms with Gasteiger partial charge in [0.05, 0.1) is 12.7 Å². The first kappa shape index (κ1) is 16.8. The predicted octanol–water partition coefficient (Wildman–Crippen LogP) is 2.22. The second kappa shape index (κ2) is 8.82. The Balaban J connectivity index is 2.15. The van der Waals surface area contributed by atoms with Crippen molar-refractivity contribution in [3.05, 3.63) is 0 Å². The van der Waals surface area contributed by atoms with Gasteiger partial charge in [0.2, 0.25) is 0 Å². The van der Waals surface area contributed by atoms with Crippen molar-refractivity contribution in [3.63, 3.8) is 0 Å². The minimum absolute atomic E-state index is 0.151. The summed E-state index contributed by atoms with van der Waals surface area (Å²) in [7, 11) is 1.82. The second-order valence-electron chi connectivity index (χ2n) is 5.12. The third-order valence-corrected chi connectivity index (χ3v) is 4.76. The number of hydrogen-bond acceptors (Lipinski definition) is 5. The summed E-state index contributed by atoms with van der Waals surface area (Å²) in [6, 6.07) is 0. The smallest absolute Gasteiger partial charge is 0.326 e. The largest absolute Gasteiger partial charge is 0.465 e. The molecule has 19 heavy (non-hydrogen) atoms. The average Bonchev–Trinajstić information content (AvgIpc) is 2.91. The number of carbonyl (C=O) groups is 1. The molecule has 112 valence electrons. The first-order chi connectivity index (χ1) is 9.12. The molecule has 0 aromatic heterocycles. The molecule has 5 heteroatoms. The van der Waals surface area contributed by atoms with Crippen molar-refractivity contribution in [1.82, 2.24) is 5.32 Å². The fourth-order valence-electron chi connectivity index (χ4n) is 2.14. The van der Waals surface area contributed by atoms with Gasteiger partial charge in [0.25, 0.3) is 0 Å². The van der Waals surface area contributed by atoms with Gasteiger partial charge in [-0.25, -0.2) is 0 Å². The number of rotatable bonds is 9. The van der Waals surface area contributed by atoms with E-state index in [0.717, 1.165) is 31.0 Å². The van der Waals surface area contributed by atoms with Crippen molar-refractivity contribution in [3.8, 4) is 0 Å². The molecule has 0 saturated carbocycles. The molecule has 1 heterocycles. The van der Waals surface area contributed by atoms with Crippen LogP contribution in [0.5, 0.6) is 0 Å². The van der Waals surface area contributed by atoms with Gasteiger partial charge in [-0.1, -0.05) is 0 Å². The van der Waals surface area contributed by atoms with E-state index in [9.17, 15) is 4.79 Å². The van der Waals surface area contributed by atoms with Gasteiger partial charge in [-0.3, -0.25) is 4.79 Å². The molecule has 2 unspecified atom stereocenters. The Morgan fingerprint density at radius 1 is 1.58 bits per heavy atom. The first-order valence-electron chi connectivity index (χ1n) is 7.18. The van der Waals surface area contributed by atoms with E-state index in [4.69, 9.17) is 9.47 Å². The van der Waals surface area contributed by atoms with Gasteiger partial charge in [0.15, 0.2) is 0 Å². The quantitative estimate of drug-likeness (QED) is 0.521. The van der Waals surface area contributed by atoms with Crippen molar-refractivity contribution in [2.45, 2.75) is 51.2 Å². The summed E-state index contributed by atoms with van der Waals surface area (Å²) in [4.78, 5) is 11.9. The lowest BCUT2D eigenvalue weighted by atomic mass is 9.97. The lowest BCUT2D eigenvalue weighted by molar-refractivity contribution is -0.150. The van der Waals surface area contributed by atoms with Crippen LogP contribution in [0.1, 0.15) is 39.5 Å². The molecular weight excluding hydrogens is 262 g/mol. The van der Waals surface area contributed by atoms with Crippen LogP contribution in [-0.2, 0) is 14.3 Å². The highest BCUT2D eigenvalue weighted by Gasteiger charge is 2.32. The molecule has 0 aliphatic carbocycles. The number of ether oxygens (including phenoxy) is 2. The fraction of sp³-hybridized carbons (Fsp3) is 0.929. The molecule has 0 spiro atoms. The highest BCUT2D eigenvalue weighted by Crippen LogP contribution is 2.20. The monoisotopic (exact) mass is 289 g/mol. The Hall–Kier alpha value is -0.260. The molecular formula is C14H27NO3S. The highest BCUT2D eigenvalue weighted by molar-refractivity contribution is 7.99. The zero-order chi connectivity index (χ0) is 14.1. The molecule has 0 aromatic carbocycles. The summed E-state index contributed by atoms with van der Waals surface area (Å²) in [6.07, 6.45) is 4.66. The van der Waals surface area contributed by atoms with Crippen LogP contribution in [0.25, 0.3) is 0 Å². The van der Waals surface area contributed by atoms with Gasteiger partial charge in [-0.2, -0.15) is 11.8 Å². The summed E-state index contributed by atoms with van der Waals surface area (Å²) in [5.41, 5.74) is -0.555. The molecule has 0 radical (unpaired) electrons. The number of likely N-dealkylation sites (N-methyl/N-ethyl adjacent to an activating group) is 1. The van der Waals surface area contributed by atoms with E-state index in [1.165, 1.54) is 12.8 Å². The van der Waals surface area contributed by atoms with Crippen LogP contribution in [0.4, 0.5) is 0 Å². The molecule has 2 atom stereocenters. The Kier molecular flexibility index (Phi) is 7.80. The summed E-state index contributed by atoms with van der Waals surface area (Å²) < 4.78 is 10.7. The van der Waals surface area contributed by atoms with Gasteiger partial charge < -0.3 is 14.8 Å². The summed E-state index contributed by atoms with van der Waals surface area (Å²) in [6.45, 7) is 5.11. The number of thioether (sulfide) groups is 1. The van der Waals surface area contributed by atoms with E-state index < -0.39 is 5.54 Å². The zero-order valence-electron chi connectivity index (χ0n) is 12.4. The van der Waals surface area contributed by atoms with Crippen LogP contribution in [0.2, 0.25) is 0 Å². The van der Waals surface area contributed by atoms with Crippen molar-refractivity contribution in [1.29, 1.82) is 0 Å². The molecule has 1 aliphatic rings. The number of nitrogens with one attached hydrogen (secondary N) is 1.